The molecular formula is C12H19INO2S-. The minimum atomic E-state index is -3.08. The summed E-state index contributed by atoms with van der Waals surface area (Å²) in [5.74, 6) is 0. The van der Waals surface area contributed by atoms with Gasteiger partial charge >= 0.3 is 115 Å². The number of nitrogens with zero attached hydrogens (tertiary/aromatic N) is 1. The Balaban J connectivity index is 2.67. The maximum absolute atomic E-state index is 11.3. The van der Waals surface area contributed by atoms with Crippen molar-refractivity contribution in [2.45, 2.75) is 11.3 Å². The van der Waals surface area contributed by atoms with Gasteiger partial charge < -0.3 is 0 Å². The van der Waals surface area contributed by atoms with Gasteiger partial charge in [0.15, 0.2) is 0 Å². The van der Waals surface area contributed by atoms with Crippen LogP contribution in [-0.4, -0.2) is 37.6 Å². The maximum atomic E-state index is 11.3. The third-order valence-electron chi connectivity index (χ3n) is 2.52. The Kier molecular flexibility index (Phi) is 5.72. The Morgan fingerprint density at radius 2 is 1.82 bits per heavy atom. The topological polar surface area (TPSA) is 37.4 Å². The number of anilines is 1. The fourth-order valence-electron chi connectivity index (χ4n) is 1.51. The van der Waals surface area contributed by atoms with Crippen LogP contribution in [0.5, 0.6) is 0 Å². The number of alkyl halides is 2. The second-order valence-corrected chi connectivity index (χ2v) is 8.62. The summed E-state index contributed by atoms with van der Waals surface area (Å²) in [4.78, 5) is 4.85. The van der Waals surface area contributed by atoms with E-state index in [0.717, 1.165) is 12.2 Å². The van der Waals surface area contributed by atoms with Gasteiger partial charge in [-0.05, 0) is 0 Å². The molecule has 17 heavy (non-hydrogen) atoms. The molecule has 5 heteroatoms. The second kappa shape index (κ2) is 6.58. The van der Waals surface area contributed by atoms with Gasteiger partial charge in [-0.1, -0.05) is 0 Å². The van der Waals surface area contributed by atoms with Gasteiger partial charge in [0.1, 0.15) is 0 Å². The molecule has 1 aromatic carbocycles. The third kappa shape index (κ3) is 4.83. The molecule has 0 heterocycles. The van der Waals surface area contributed by atoms with Gasteiger partial charge in [0, 0.05) is 0 Å². The zero-order valence-corrected chi connectivity index (χ0v) is 13.5. The SMILES string of the molecule is C[I-]CCCN(C)c1ccc(S(C)(=O)=O)cc1. The van der Waals surface area contributed by atoms with Crippen molar-refractivity contribution in [1.29, 1.82) is 0 Å². The standard InChI is InChI=1S/C12H19INO2S/c1-13-9-4-10-14(2)11-5-7-12(8-6-11)17(3,15)16/h5-8H,4,9-10H2,1-3H3/q-1. The van der Waals surface area contributed by atoms with Crippen molar-refractivity contribution in [3.8, 4) is 0 Å². The van der Waals surface area contributed by atoms with Crippen molar-refractivity contribution in [3.63, 3.8) is 0 Å². The molecule has 0 amide bonds. The Morgan fingerprint density at radius 1 is 1.24 bits per heavy atom. The summed E-state index contributed by atoms with van der Waals surface area (Å²) in [6, 6.07) is 7.09. The first-order valence-corrected chi connectivity index (χ1v) is 11.0. The molecule has 1 aromatic rings. The number of hydrogen-bond acceptors (Lipinski definition) is 3. The van der Waals surface area contributed by atoms with Crippen LogP contribution >= 0.6 is 0 Å². The predicted molar refractivity (Wildman–Crippen MR) is 68.2 cm³/mol. The van der Waals surface area contributed by atoms with E-state index in [1.165, 1.54) is 17.1 Å². The first kappa shape index (κ1) is 14.8. The first-order valence-electron chi connectivity index (χ1n) is 5.40. The van der Waals surface area contributed by atoms with Crippen molar-refractivity contribution in [1.82, 2.24) is 0 Å². The molecule has 0 N–H and O–H groups in total. The Morgan fingerprint density at radius 3 is 2.29 bits per heavy atom. The molecule has 1 rings (SSSR count). The summed E-state index contributed by atoms with van der Waals surface area (Å²) < 4.78 is 24.0. The summed E-state index contributed by atoms with van der Waals surface area (Å²) in [7, 11) is -1.04. The number of rotatable bonds is 6. The van der Waals surface area contributed by atoms with Gasteiger partial charge in [0.05, 0.1) is 0 Å². The predicted octanol–water partition coefficient (Wildman–Crippen LogP) is -1.36. The van der Waals surface area contributed by atoms with Crippen molar-refractivity contribution < 1.29 is 29.6 Å². The zero-order valence-electron chi connectivity index (χ0n) is 10.5. The van der Waals surface area contributed by atoms with Crippen LogP contribution in [0.25, 0.3) is 0 Å². The molecule has 3 nitrogen and oxygen atoms in total. The van der Waals surface area contributed by atoms with E-state index in [9.17, 15) is 8.42 Å². The Labute approximate surface area is 114 Å². The zero-order chi connectivity index (χ0) is 12.9. The van der Waals surface area contributed by atoms with E-state index >= 15 is 0 Å². The van der Waals surface area contributed by atoms with Crippen LogP contribution in [0.2, 0.25) is 0 Å². The van der Waals surface area contributed by atoms with E-state index in [1.54, 1.807) is 12.1 Å². The van der Waals surface area contributed by atoms with Crippen LogP contribution < -0.4 is 26.1 Å². The van der Waals surface area contributed by atoms with Crippen molar-refractivity contribution >= 4 is 15.5 Å². The Hall–Kier alpha value is -0.300. The van der Waals surface area contributed by atoms with Crippen LogP contribution in [0.1, 0.15) is 6.42 Å². The van der Waals surface area contributed by atoms with E-state index in [1.807, 2.05) is 19.2 Å². The molecule has 0 radical (unpaired) electrons. The molecule has 0 unspecified atom stereocenters. The molecule has 0 aliphatic rings. The van der Waals surface area contributed by atoms with Gasteiger partial charge in [-0.25, -0.2) is 0 Å². The van der Waals surface area contributed by atoms with Crippen molar-refractivity contribution in [2.24, 2.45) is 0 Å². The molecule has 98 valence electrons. The van der Waals surface area contributed by atoms with Crippen LogP contribution in [0.4, 0.5) is 5.69 Å². The minimum absolute atomic E-state index is 0.378. The molecule has 0 aliphatic carbocycles. The van der Waals surface area contributed by atoms with Gasteiger partial charge in [0.2, 0.25) is 0 Å². The van der Waals surface area contributed by atoms with Crippen molar-refractivity contribution in [2.75, 3.05) is 34.1 Å². The van der Waals surface area contributed by atoms with Crippen LogP contribution in [0.15, 0.2) is 29.2 Å². The summed E-state index contributed by atoms with van der Waals surface area (Å²) in [6.45, 7) is 1.03. The number of benzene rings is 1. The van der Waals surface area contributed by atoms with Crippen molar-refractivity contribution in [3.05, 3.63) is 24.3 Å². The van der Waals surface area contributed by atoms with Crippen LogP contribution in [0.3, 0.4) is 0 Å². The van der Waals surface area contributed by atoms with E-state index in [-0.39, 0.29) is 0 Å². The number of halogens is 1. The van der Waals surface area contributed by atoms with E-state index < -0.39 is 9.84 Å². The van der Waals surface area contributed by atoms with Gasteiger partial charge in [0.25, 0.3) is 0 Å². The summed E-state index contributed by atoms with van der Waals surface area (Å²) >= 11 is 0.378. The van der Waals surface area contributed by atoms with Gasteiger partial charge in [-0.3, -0.25) is 0 Å². The van der Waals surface area contributed by atoms with E-state index in [2.05, 4.69) is 9.83 Å². The average Bonchev–Trinajstić information content (AvgIpc) is 2.28. The molecule has 0 spiro atoms. The third-order valence-corrected chi connectivity index (χ3v) is 5.49. The van der Waals surface area contributed by atoms with Gasteiger partial charge in [-0.2, -0.15) is 0 Å². The van der Waals surface area contributed by atoms with E-state index in [4.69, 9.17) is 0 Å². The molecule has 0 aliphatic heterocycles. The summed E-state index contributed by atoms with van der Waals surface area (Å²) in [6.07, 6.45) is 2.45. The Bertz CT molecular complexity index is 442. The summed E-state index contributed by atoms with van der Waals surface area (Å²) in [5, 5.41) is 0. The van der Waals surface area contributed by atoms with E-state index in [0.29, 0.717) is 26.1 Å². The fourth-order valence-corrected chi connectivity index (χ4v) is 3.24. The molecular weight excluding hydrogens is 349 g/mol. The average molecular weight is 368 g/mol. The number of hydrogen-bond donors (Lipinski definition) is 0. The number of sulfone groups is 1. The van der Waals surface area contributed by atoms with Crippen LogP contribution in [-0.2, 0) is 9.84 Å². The molecule has 0 fully saturated rings. The molecule has 0 saturated heterocycles. The molecule has 0 bridgehead atoms. The fraction of sp³-hybridized carbons (Fsp3) is 0.500. The van der Waals surface area contributed by atoms with Crippen LogP contribution in [0, 0.1) is 0 Å². The molecule has 0 aromatic heterocycles. The first-order chi connectivity index (χ1) is 7.95. The quantitative estimate of drug-likeness (QED) is 0.354. The summed E-state index contributed by atoms with van der Waals surface area (Å²) in [5.41, 5.74) is 1.08. The second-order valence-electron chi connectivity index (χ2n) is 4.00. The molecule has 0 saturated carbocycles. The normalized spacial score (nSPS) is 11.7. The monoisotopic (exact) mass is 368 g/mol. The molecule has 0 atom stereocenters. The van der Waals surface area contributed by atoms with Gasteiger partial charge in [-0.15, -0.1) is 0 Å².